The molecule has 0 fully saturated rings. The van der Waals surface area contributed by atoms with Gasteiger partial charge >= 0.3 is 0 Å². The molecule has 0 saturated carbocycles. The molecule has 3 rings (SSSR count). The van der Waals surface area contributed by atoms with Crippen molar-refractivity contribution in [2.75, 3.05) is 0 Å². The van der Waals surface area contributed by atoms with E-state index in [0.29, 0.717) is 5.78 Å². The number of fused-ring (bicyclic) bond motifs is 1. The van der Waals surface area contributed by atoms with Crippen molar-refractivity contribution in [3.8, 4) is 0 Å². The molecule has 4 heteroatoms. The van der Waals surface area contributed by atoms with Crippen LogP contribution in [0.25, 0.3) is 0 Å². The first-order valence-electron chi connectivity index (χ1n) is 6.03. The van der Waals surface area contributed by atoms with E-state index in [4.69, 9.17) is 0 Å². The summed E-state index contributed by atoms with van der Waals surface area (Å²) < 4.78 is 1.08. The first kappa shape index (κ1) is 12.6. The van der Waals surface area contributed by atoms with Gasteiger partial charge in [0.15, 0.2) is 5.78 Å². The van der Waals surface area contributed by atoms with Crippen LogP contribution in [0.1, 0.15) is 44.4 Å². The highest BCUT2D eigenvalue weighted by Crippen LogP contribution is 2.39. The van der Waals surface area contributed by atoms with Crippen molar-refractivity contribution in [3.63, 3.8) is 0 Å². The Balaban J connectivity index is 1.95. The Hall–Kier alpha value is -0.450. The van der Waals surface area contributed by atoms with Crippen LogP contribution in [-0.2, 0) is 6.42 Å². The summed E-state index contributed by atoms with van der Waals surface area (Å²) in [4.78, 5) is 14.9. The van der Waals surface area contributed by atoms with Gasteiger partial charge in [-0.2, -0.15) is 0 Å². The molecule has 0 aromatic carbocycles. The SMILES string of the molecule is Cc1cc(C(=O)C2CCCc3sccc32)sc1Br. The summed E-state index contributed by atoms with van der Waals surface area (Å²) in [6.07, 6.45) is 3.27. The van der Waals surface area contributed by atoms with Crippen LogP contribution in [0, 0.1) is 6.92 Å². The zero-order valence-corrected chi connectivity index (χ0v) is 13.3. The summed E-state index contributed by atoms with van der Waals surface area (Å²) in [5.74, 6) is 0.387. The zero-order valence-electron chi connectivity index (χ0n) is 10.0. The average molecular weight is 341 g/mol. The second-order valence-corrected chi connectivity index (χ2v) is 8.05. The Morgan fingerprint density at radius 1 is 1.50 bits per heavy atom. The molecule has 0 radical (unpaired) electrons. The maximum absolute atomic E-state index is 12.6. The van der Waals surface area contributed by atoms with Crippen molar-refractivity contribution >= 4 is 44.4 Å². The first-order chi connectivity index (χ1) is 8.66. The molecule has 2 heterocycles. The molecule has 0 aliphatic heterocycles. The quantitative estimate of drug-likeness (QED) is 0.688. The third kappa shape index (κ3) is 2.10. The van der Waals surface area contributed by atoms with Crippen molar-refractivity contribution < 1.29 is 4.79 Å². The minimum Gasteiger partial charge on any atom is -0.293 e. The van der Waals surface area contributed by atoms with Gasteiger partial charge in [-0.1, -0.05) is 0 Å². The summed E-state index contributed by atoms with van der Waals surface area (Å²) in [6, 6.07) is 4.15. The Bertz CT molecular complexity index is 577. The van der Waals surface area contributed by atoms with Gasteiger partial charge in [-0.25, -0.2) is 0 Å². The third-order valence-electron chi connectivity index (χ3n) is 3.47. The Morgan fingerprint density at radius 2 is 2.33 bits per heavy atom. The van der Waals surface area contributed by atoms with E-state index >= 15 is 0 Å². The van der Waals surface area contributed by atoms with E-state index < -0.39 is 0 Å². The van der Waals surface area contributed by atoms with E-state index in [9.17, 15) is 4.79 Å². The van der Waals surface area contributed by atoms with Crippen molar-refractivity contribution in [2.45, 2.75) is 32.1 Å². The van der Waals surface area contributed by atoms with Crippen molar-refractivity contribution in [1.82, 2.24) is 0 Å². The van der Waals surface area contributed by atoms with Crippen LogP contribution >= 0.6 is 38.6 Å². The molecule has 0 bridgehead atoms. The molecule has 94 valence electrons. The molecular weight excluding hydrogens is 328 g/mol. The van der Waals surface area contributed by atoms with Gasteiger partial charge in [0.1, 0.15) is 0 Å². The molecule has 2 aromatic rings. The molecule has 1 atom stereocenters. The second kappa shape index (κ2) is 4.91. The van der Waals surface area contributed by atoms with Crippen molar-refractivity contribution in [1.29, 1.82) is 0 Å². The van der Waals surface area contributed by atoms with Crippen molar-refractivity contribution in [3.05, 3.63) is 42.2 Å². The molecule has 0 N–H and O–H groups in total. The molecule has 0 amide bonds. The minimum atomic E-state index is 0.0879. The van der Waals surface area contributed by atoms with Gasteiger partial charge in [0, 0.05) is 10.8 Å². The van der Waals surface area contributed by atoms with Crippen molar-refractivity contribution in [2.24, 2.45) is 0 Å². The fourth-order valence-corrected chi connectivity index (χ4v) is 5.03. The second-order valence-electron chi connectivity index (χ2n) is 4.68. The van der Waals surface area contributed by atoms with Gasteiger partial charge in [-0.05, 0) is 70.8 Å². The minimum absolute atomic E-state index is 0.0879. The molecule has 2 aromatic heterocycles. The maximum atomic E-state index is 12.6. The average Bonchev–Trinajstić information content (AvgIpc) is 2.95. The van der Waals surface area contributed by atoms with Crippen LogP contribution in [0.3, 0.4) is 0 Å². The normalized spacial score (nSPS) is 18.7. The fraction of sp³-hybridized carbons (Fsp3) is 0.357. The van der Waals surface area contributed by atoms with Crippen LogP contribution in [0.4, 0.5) is 0 Å². The molecule has 1 nitrogen and oxygen atoms in total. The van der Waals surface area contributed by atoms with Gasteiger partial charge in [0.25, 0.3) is 0 Å². The van der Waals surface area contributed by atoms with Gasteiger partial charge in [-0.3, -0.25) is 4.79 Å². The number of aryl methyl sites for hydroxylation is 2. The standard InChI is InChI=1S/C14H13BrOS2/c1-8-7-12(18-14(8)15)13(16)10-3-2-4-11-9(10)5-6-17-11/h5-7,10H,2-4H2,1H3. The molecule has 1 unspecified atom stereocenters. The smallest absolute Gasteiger partial charge is 0.180 e. The summed E-state index contributed by atoms with van der Waals surface area (Å²) in [7, 11) is 0. The van der Waals surface area contributed by atoms with Crippen LogP contribution < -0.4 is 0 Å². The lowest BCUT2D eigenvalue weighted by Crippen LogP contribution is -2.16. The van der Waals surface area contributed by atoms with E-state index in [1.54, 1.807) is 22.7 Å². The number of carbonyl (C=O) groups excluding carboxylic acids is 1. The molecule has 1 aliphatic rings. The highest BCUT2D eigenvalue weighted by Gasteiger charge is 2.29. The topological polar surface area (TPSA) is 17.1 Å². The van der Waals surface area contributed by atoms with Gasteiger partial charge < -0.3 is 0 Å². The lowest BCUT2D eigenvalue weighted by molar-refractivity contribution is 0.0955. The fourth-order valence-electron chi connectivity index (χ4n) is 2.51. The van der Waals surface area contributed by atoms with E-state index in [-0.39, 0.29) is 5.92 Å². The number of hydrogen-bond acceptors (Lipinski definition) is 3. The first-order valence-corrected chi connectivity index (χ1v) is 8.52. The summed E-state index contributed by atoms with van der Waals surface area (Å²) in [5, 5.41) is 2.12. The Labute approximate surface area is 123 Å². The van der Waals surface area contributed by atoms with Crippen LogP contribution in [0.2, 0.25) is 0 Å². The number of carbonyl (C=O) groups is 1. The molecule has 0 saturated heterocycles. The predicted molar refractivity (Wildman–Crippen MR) is 81.1 cm³/mol. The maximum Gasteiger partial charge on any atom is 0.180 e. The number of Topliss-reactive ketones (excluding diaryl/α,β-unsaturated/α-hetero) is 1. The molecule has 0 spiro atoms. The third-order valence-corrected chi connectivity index (χ3v) is 6.62. The van der Waals surface area contributed by atoms with Crippen LogP contribution in [0.15, 0.2) is 21.3 Å². The highest BCUT2D eigenvalue weighted by molar-refractivity contribution is 9.11. The number of halogens is 1. The summed E-state index contributed by atoms with van der Waals surface area (Å²) >= 11 is 6.86. The lowest BCUT2D eigenvalue weighted by atomic mass is 9.84. The van der Waals surface area contributed by atoms with Gasteiger partial charge in [0.05, 0.1) is 8.66 Å². The van der Waals surface area contributed by atoms with E-state index in [1.165, 1.54) is 10.4 Å². The van der Waals surface area contributed by atoms with Gasteiger partial charge in [0.2, 0.25) is 0 Å². The van der Waals surface area contributed by atoms with E-state index in [2.05, 4.69) is 27.4 Å². The molecular formula is C14H13BrOS2. The number of hydrogen-bond donors (Lipinski definition) is 0. The van der Waals surface area contributed by atoms with E-state index in [0.717, 1.165) is 33.5 Å². The number of ketones is 1. The van der Waals surface area contributed by atoms with Gasteiger partial charge in [-0.15, -0.1) is 22.7 Å². The number of rotatable bonds is 2. The number of thiophene rings is 2. The predicted octanol–water partition coefficient (Wildman–Crippen LogP) is 5.18. The summed E-state index contributed by atoms with van der Waals surface area (Å²) in [5.41, 5.74) is 2.43. The Morgan fingerprint density at radius 3 is 3.06 bits per heavy atom. The van der Waals surface area contributed by atoms with Crippen LogP contribution in [-0.4, -0.2) is 5.78 Å². The monoisotopic (exact) mass is 340 g/mol. The zero-order chi connectivity index (χ0) is 12.7. The highest BCUT2D eigenvalue weighted by atomic mass is 79.9. The Kier molecular flexibility index (Phi) is 3.43. The largest absolute Gasteiger partial charge is 0.293 e. The van der Waals surface area contributed by atoms with Crippen LogP contribution in [0.5, 0.6) is 0 Å². The molecule has 18 heavy (non-hydrogen) atoms. The lowest BCUT2D eigenvalue weighted by Gasteiger charge is -2.20. The summed E-state index contributed by atoms with van der Waals surface area (Å²) in [6.45, 7) is 2.04. The van der Waals surface area contributed by atoms with E-state index in [1.807, 2.05) is 13.0 Å². The molecule has 1 aliphatic carbocycles.